The van der Waals surface area contributed by atoms with E-state index in [0.29, 0.717) is 12.1 Å². The number of rotatable bonds is 4. The van der Waals surface area contributed by atoms with E-state index in [9.17, 15) is 33.5 Å². The van der Waals surface area contributed by atoms with Gasteiger partial charge in [-0.05, 0) is 12.1 Å². The number of benzene rings is 1. The minimum Gasteiger partial charge on any atom is -0.389 e. The van der Waals surface area contributed by atoms with Crippen molar-refractivity contribution in [2.45, 2.75) is 18.4 Å². The van der Waals surface area contributed by atoms with Crippen LogP contribution in [0.3, 0.4) is 0 Å². The summed E-state index contributed by atoms with van der Waals surface area (Å²) in [6.07, 6.45) is -7.97. The van der Waals surface area contributed by atoms with Crippen molar-refractivity contribution < 1.29 is 28.3 Å². The summed E-state index contributed by atoms with van der Waals surface area (Å²) < 4.78 is 37.3. The van der Waals surface area contributed by atoms with E-state index in [1.165, 1.54) is 0 Å². The Labute approximate surface area is 105 Å². The van der Waals surface area contributed by atoms with Crippen molar-refractivity contribution in [3.8, 4) is 0 Å². The van der Waals surface area contributed by atoms with Crippen molar-refractivity contribution in [1.82, 2.24) is 0 Å². The fourth-order valence-electron chi connectivity index (χ4n) is 1.46. The number of aliphatic hydroxyl groups excluding tert-OH is 2. The molecule has 1 aromatic carbocycles. The number of hydrogen-bond acceptors (Lipinski definition) is 5. The Bertz CT molecular complexity index is 478. The molecule has 0 bridgehead atoms. The lowest BCUT2D eigenvalue weighted by Crippen LogP contribution is -2.27. The molecular weight excluding hydrogens is 269 g/mol. The zero-order chi connectivity index (χ0) is 14.8. The van der Waals surface area contributed by atoms with E-state index >= 15 is 0 Å². The minimum atomic E-state index is -4.74. The summed E-state index contributed by atoms with van der Waals surface area (Å²) in [6, 6.07) is 1.65. The molecule has 19 heavy (non-hydrogen) atoms. The lowest BCUT2D eigenvalue weighted by molar-refractivity contribution is -0.386. The summed E-state index contributed by atoms with van der Waals surface area (Å²) in [7, 11) is 0. The molecule has 2 unspecified atom stereocenters. The van der Waals surface area contributed by atoms with Gasteiger partial charge in [0, 0.05) is 12.6 Å². The van der Waals surface area contributed by atoms with Crippen molar-refractivity contribution >= 4 is 5.69 Å². The lowest BCUT2D eigenvalue weighted by atomic mass is 10.0. The third kappa shape index (κ3) is 3.40. The van der Waals surface area contributed by atoms with Crippen LogP contribution in [0.4, 0.5) is 18.9 Å². The predicted molar refractivity (Wildman–Crippen MR) is 58.1 cm³/mol. The molecule has 9 heteroatoms. The third-order valence-corrected chi connectivity index (χ3v) is 2.48. The van der Waals surface area contributed by atoms with Crippen LogP contribution in [0, 0.1) is 10.1 Å². The van der Waals surface area contributed by atoms with Gasteiger partial charge in [-0.2, -0.15) is 13.2 Å². The highest BCUT2D eigenvalue weighted by Crippen LogP contribution is 2.35. The molecule has 1 aromatic rings. The van der Waals surface area contributed by atoms with Gasteiger partial charge in [0.05, 0.1) is 22.2 Å². The molecule has 1 rings (SSSR count). The summed E-state index contributed by atoms with van der Waals surface area (Å²) >= 11 is 0. The van der Waals surface area contributed by atoms with Gasteiger partial charge in [-0.1, -0.05) is 0 Å². The smallest absolute Gasteiger partial charge is 0.389 e. The van der Waals surface area contributed by atoms with E-state index in [1.807, 2.05) is 0 Å². The maximum atomic E-state index is 12.4. The molecule has 0 aliphatic heterocycles. The molecule has 0 aliphatic rings. The number of nitrogens with zero attached hydrogens (tertiary/aromatic N) is 1. The van der Waals surface area contributed by atoms with Gasteiger partial charge < -0.3 is 15.9 Å². The highest BCUT2D eigenvalue weighted by atomic mass is 19.4. The number of hydrogen-bond donors (Lipinski definition) is 3. The van der Waals surface area contributed by atoms with E-state index < -0.39 is 40.1 Å². The summed E-state index contributed by atoms with van der Waals surface area (Å²) in [5.74, 6) is 0. The normalized spacial score (nSPS) is 15.1. The Morgan fingerprint density at radius 1 is 1.37 bits per heavy atom. The Kier molecular flexibility index (Phi) is 4.45. The Balaban J connectivity index is 3.31. The molecule has 0 saturated carbocycles. The van der Waals surface area contributed by atoms with Gasteiger partial charge in [-0.25, -0.2) is 0 Å². The maximum Gasteiger partial charge on any atom is 0.416 e. The highest BCUT2D eigenvalue weighted by Gasteiger charge is 2.34. The first kappa shape index (κ1) is 15.3. The van der Waals surface area contributed by atoms with E-state index in [2.05, 4.69) is 0 Å². The molecule has 106 valence electrons. The van der Waals surface area contributed by atoms with Crippen molar-refractivity contribution in [1.29, 1.82) is 0 Å². The van der Waals surface area contributed by atoms with Crippen molar-refractivity contribution in [2.24, 2.45) is 5.73 Å². The van der Waals surface area contributed by atoms with Crippen LogP contribution in [0.1, 0.15) is 17.2 Å². The predicted octanol–water partition coefficient (Wildman–Crippen LogP) is 0.967. The first-order chi connectivity index (χ1) is 8.68. The largest absolute Gasteiger partial charge is 0.416 e. The average molecular weight is 280 g/mol. The minimum absolute atomic E-state index is 0.307. The van der Waals surface area contributed by atoms with Crippen LogP contribution >= 0.6 is 0 Å². The van der Waals surface area contributed by atoms with Gasteiger partial charge in [0.2, 0.25) is 0 Å². The second kappa shape index (κ2) is 5.51. The van der Waals surface area contributed by atoms with E-state index in [1.54, 1.807) is 0 Å². The van der Waals surface area contributed by atoms with Crippen LogP contribution < -0.4 is 5.73 Å². The maximum absolute atomic E-state index is 12.4. The number of nitro benzene ring substituents is 1. The topological polar surface area (TPSA) is 110 Å². The van der Waals surface area contributed by atoms with Crippen molar-refractivity contribution in [3.05, 3.63) is 39.4 Å². The van der Waals surface area contributed by atoms with Gasteiger partial charge in [-0.3, -0.25) is 10.1 Å². The van der Waals surface area contributed by atoms with Crippen LogP contribution in [0.5, 0.6) is 0 Å². The van der Waals surface area contributed by atoms with Gasteiger partial charge in [0.1, 0.15) is 6.10 Å². The first-order valence-corrected chi connectivity index (χ1v) is 5.10. The number of alkyl halides is 3. The van der Waals surface area contributed by atoms with Crippen LogP contribution in [-0.4, -0.2) is 27.8 Å². The SMILES string of the molecule is NCC(O)C(O)c1ccc(C(F)(F)F)cc1[N+](=O)[O-]. The van der Waals surface area contributed by atoms with Crippen LogP contribution in [0.25, 0.3) is 0 Å². The monoisotopic (exact) mass is 280 g/mol. The summed E-state index contributed by atoms with van der Waals surface area (Å²) in [5.41, 5.74) is 2.52. The van der Waals surface area contributed by atoms with Crippen LogP contribution in [0.2, 0.25) is 0 Å². The fraction of sp³-hybridized carbons (Fsp3) is 0.400. The fourth-order valence-corrected chi connectivity index (χ4v) is 1.46. The van der Waals surface area contributed by atoms with E-state index in [0.717, 1.165) is 6.07 Å². The molecule has 0 aromatic heterocycles. The summed E-state index contributed by atoms with van der Waals surface area (Å²) in [6.45, 7) is -0.390. The first-order valence-electron chi connectivity index (χ1n) is 5.10. The molecule has 0 radical (unpaired) electrons. The Morgan fingerprint density at radius 2 is 1.95 bits per heavy atom. The molecule has 0 amide bonds. The molecule has 0 aliphatic carbocycles. The lowest BCUT2D eigenvalue weighted by Gasteiger charge is -2.17. The van der Waals surface area contributed by atoms with Crippen LogP contribution in [-0.2, 0) is 6.18 Å². The molecule has 0 fully saturated rings. The zero-order valence-electron chi connectivity index (χ0n) is 9.46. The second-order valence-corrected chi connectivity index (χ2v) is 3.78. The van der Waals surface area contributed by atoms with Crippen molar-refractivity contribution in [2.75, 3.05) is 6.54 Å². The number of nitrogens with two attached hydrogens (primary N) is 1. The molecule has 6 nitrogen and oxygen atoms in total. The third-order valence-electron chi connectivity index (χ3n) is 2.48. The second-order valence-electron chi connectivity index (χ2n) is 3.78. The van der Waals surface area contributed by atoms with Crippen LogP contribution in [0.15, 0.2) is 18.2 Å². The van der Waals surface area contributed by atoms with Gasteiger partial charge in [0.25, 0.3) is 5.69 Å². The quantitative estimate of drug-likeness (QED) is 0.562. The number of nitro groups is 1. The molecule has 0 heterocycles. The van der Waals surface area contributed by atoms with E-state index in [-0.39, 0.29) is 6.54 Å². The molecular formula is C10H11F3N2O4. The molecule has 0 saturated heterocycles. The Morgan fingerprint density at radius 3 is 2.37 bits per heavy atom. The average Bonchev–Trinajstić information content (AvgIpc) is 2.35. The summed E-state index contributed by atoms with van der Waals surface area (Å²) in [4.78, 5) is 9.67. The summed E-state index contributed by atoms with van der Waals surface area (Å²) in [5, 5.41) is 29.6. The zero-order valence-corrected chi connectivity index (χ0v) is 9.46. The molecule has 4 N–H and O–H groups in total. The number of aliphatic hydroxyl groups is 2. The van der Waals surface area contributed by atoms with E-state index in [4.69, 9.17) is 5.73 Å². The Hall–Kier alpha value is -1.71. The molecule has 2 atom stereocenters. The molecule has 0 spiro atoms. The highest BCUT2D eigenvalue weighted by molar-refractivity contribution is 5.45. The van der Waals surface area contributed by atoms with Gasteiger partial charge >= 0.3 is 6.18 Å². The van der Waals surface area contributed by atoms with Crippen molar-refractivity contribution in [3.63, 3.8) is 0 Å². The standard InChI is InChI=1S/C10H11F3N2O4/c11-10(12,13)5-1-2-6(7(3-5)15(18)19)9(17)8(16)4-14/h1-3,8-9,16-17H,4,14H2. The van der Waals surface area contributed by atoms with Gasteiger partial charge in [0.15, 0.2) is 0 Å². The van der Waals surface area contributed by atoms with Gasteiger partial charge in [-0.15, -0.1) is 0 Å². The number of halogens is 3.